The van der Waals surface area contributed by atoms with Gasteiger partial charge < -0.3 is 0 Å². The highest BCUT2D eigenvalue weighted by atomic mass is 35.5. The molecule has 1 aliphatic rings. The molecule has 0 saturated carbocycles. The van der Waals surface area contributed by atoms with Gasteiger partial charge in [-0.2, -0.15) is 0 Å². The third-order valence-electron chi connectivity index (χ3n) is 8.07. The Morgan fingerprint density at radius 3 is 2.23 bits per heavy atom. The van der Waals surface area contributed by atoms with Gasteiger partial charge in [0.05, 0.1) is 26.8 Å². The molecule has 2 aromatic heterocycles. The van der Waals surface area contributed by atoms with Crippen LogP contribution in [0.5, 0.6) is 0 Å². The highest BCUT2D eigenvalue weighted by Gasteiger charge is 2.27. The number of hydrogen-bond donors (Lipinski definition) is 0. The van der Waals surface area contributed by atoms with Gasteiger partial charge in [0.25, 0.3) is 5.56 Å². The third-order valence-corrected chi connectivity index (χ3v) is 9.59. The molecule has 5 nitrogen and oxygen atoms in total. The molecule has 1 saturated heterocycles. The first-order valence-corrected chi connectivity index (χ1v) is 15.0. The van der Waals surface area contributed by atoms with E-state index in [4.69, 9.17) is 16.6 Å². The van der Waals surface area contributed by atoms with E-state index in [-0.39, 0.29) is 5.56 Å². The van der Waals surface area contributed by atoms with Gasteiger partial charge in [-0.05, 0) is 69.6 Å². The maximum Gasteiger partial charge on any atom is 0.276 e. The molecule has 7 heteroatoms. The van der Waals surface area contributed by atoms with Crippen molar-refractivity contribution in [1.29, 1.82) is 0 Å². The summed E-state index contributed by atoms with van der Waals surface area (Å²) in [5.74, 6) is 0.407. The van der Waals surface area contributed by atoms with E-state index >= 15 is 0 Å². The summed E-state index contributed by atoms with van der Waals surface area (Å²) in [6, 6.07) is 26.6. The summed E-state index contributed by atoms with van der Waals surface area (Å²) in [4.78, 5) is 22.3. The van der Waals surface area contributed by atoms with Crippen molar-refractivity contribution in [2.75, 3.05) is 13.1 Å². The number of nitrogens with zero attached hydrogens (tertiary/aromatic N) is 4. The molecule has 204 valence electrons. The van der Waals surface area contributed by atoms with Crippen molar-refractivity contribution < 1.29 is 0 Å². The summed E-state index contributed by atoms with van der Waals surface area (Å²) >= 11 is 8.01. The third kappa shape index (κ3) is 5.19. The minimum absolute atomic E-state index is 0.0728. The zero-order chi connectivity index (χ0) is 27.8. The molecule has 5 aromatic rings. The number of aromatic nitrogens is 3. The van der Waals surface area contributed by atoms with Crippen molar-refractivity contribution in [3.8, 4) is 27.4 Å². The van der Waals surface area contributed by atoms with E-state index < -0.39 is 0 Å². The molecule has 0 aliphatic carbocycles. The topological polar surface area (TPSA) is 43.1 Å². The zero-order valence-electron chi connectivity index (χ0n) is 23.1. The number of halogens is 1. The Bertz CT molecular complexity index is 1610. The summed E-state index contributed by atoms with van der Waals surface area (Å²) < 4.78 is 3.75. The number of benzene rings is 3. The number of likely N-dealkylation sites (tertiary alicyclic amines) is 1. The largest absolute Gasteiger partial charge is 0.299 e. The highest BCUT2D eigenvalue weighted by molar-refractivity contribution is 7.15. The first-order valence-electron chi connectivity index (χ1n) is 13.8. The lowest BCUT2D eigenvalue weighted by Gasteiger charge is -2.30. The molecular formula is C33H33ClN4OS. The van der Waals surface area contributed by atoms with Crippen LogP contribution in [-0.4, -0.2) is 32.3 Å². The Kier molecular flexibility index (Phi) is 7.49. The normalized spacial score (nSPS) is 14.6. The van der Waals surface area contributed by atoms with E-state index in [2.05, 4.69) is 48.2 Å². The molecule has 1 aliphatic heterocycles. The lowest BCUT2D eigenvalue weighted by atomic mass is 9.97. The SMILES string of the molecule is Cc1ccc(-c2sc(C3CCN(Cc4c(C)n(C)n(-c5ccccc5)c4=O)CC3)nc2-c2ccc(Cl)cc2)cc1. The molecule has 3 heterocycles. The summed E-state index contributed by atoms with van der Waals surface area (Å²) in [5.41, 5.74) is 7.44. The molecule has 0 radical (unpaired) electrons. The quantitative estimate of drug-likeness (QED) is 0.212. The Labute approximate surface area is 244 Å². The van der Waals surface area contributed by atoms with Crippen LogP contribution in [0.4, 0.5) is 0 Å². The average Bonchev–Trinajstić information content (AvgIpc) is 3.50. The van der Waals surface area contributed by atoms with E-state index in [9.17, 15) is 4.79 Å². The molecule has 0 spiro atoms. The van der Waals surface area contributed by atoms with Crippen molar-refractivity contribution in [2.24, 2.45) is 7.05 Å². The lowest BCUT2D eigenvalue weighted by molar-refractivity contribution is 0.203. The van der Waals surface area contributed by atoms with Gasteiger partial charge >= 0.3 is 0 Å². The monoisotopic (exact) mass is 568 g/mol. The fourth-order valence-corrected chi connectivity index (χ4v) is 6.97. The number of thiazole rings is 1. The number of para-hydroxylation sites is 1. The van der Waals surface area contributed by atoms with Gasteiger partial charge in [-0.1, -0.05) is 71.8 Å². The van der Waals surface area contributed by atoms with Gasteiger partial charge in [-0.15, -0.1) is 11.3 Å². The van der Waals surface area contributed by atoms with Gasteiger partial charge in [0.2, 0.25) is 0 Å². The molecule has 0 amide bonds. The van der Waals surface area contributed by atoms with E-state index in [0.29, 0.717) is 12.5 Å². The van der Waals surface area contributed by atoms with E-state index in [1.54, 1.807) is 4.68 Å². The van der Waals surface area contributed by atoms with Crippen LogP contribution in [-0.2, 0) is 13.6 Å². The second kappa shape index (κ2) is 11.2. The number of piperidine rings is 1. The molecule has 0 atom stereocenters. The molecule has 40 heavy (non-hydrogen) atoms. The van der Waals surface area contributed by atoms with Gasteiger partial charge in [-0.3, -0.25) is 14.4 Å². The first-order chi connectivity index (χ1) is 19.4. The summed E-state index contributed by atoms with van der Waals surface area (Å²) in [7, 11) is 1.96. The standard InChI is InChI=1S/C33H33ClN4OS/c1-22-9-11-25(12-10-22)31-30(24-13-15-27(34)16-14-24)35-32(40-31)26-17-19-37(20-18-26)21-29-23(2)36(3)38(33(29)39)28-7-5-4-6-8-28/h4-16,26H,17-21H2,1-3H3. The average molecular weight is 569 g/mol. The molecule has 1 fully saturated rings. The van der Waals surface area contributed by atoms with Crippen LogP contribution in [0, 0.1) is 13.8 Å². The van der Waals surface area contributed by atoms with Crippen LogP contribution in [0.25, 0.3) is 27.4 Å². The predicted octanol–water partition coefficient (Wildman–Crippen LogP) is 7.62. The molecule has 6 rings (SSSR count). The van der Waals surface area contributed by atoms with Crippen LogP contribution in [0.1, 0.15) is 40.6 Å². The molecule has 0 bridgehead atoms. The summed E-state index contributed by atoms with van der Waals surface area (Å²) in [5, 5.41) is 1.93. The van der Waals surface area contributed by atoms with Gasteiger partial charge in [0.1, 0.15) is 0 Å². The Hall–Kier alpha value is -3.45. The smallest absolute Gasteiger partial charge is 0.276 e. The molecule has 3 aromatic carbocycles. The molecule has 0 N–H and O–H groups in total. The Balaban J connectivity index is 1.22. The summed E-state index contributed by atoms with van der Waals surface area (Å²) in [6.07, 6.45) is 2.05. The van der Waals surface area contributed by atoms with E-state index in [1.807, 2.05) is 72.5 Å². The van der Waals surface area contributed by atoms with E-state index in [0.717, 1.165) is 59.2 Å². The zero-order valence-corrected chi connectivity index (χ0v) is 24.7. The number of aryl methyl sites for hydroxylation is 1. The van der Waals surface area contributed by atoms with Crippen LogP contribution >= 0.6 is 22.9 Å². The summed E-state index contributed by atoms with van der Waals surface area (Å²) in [6.45, 7) is 6.72. The molecular weight excluding hydrogens is 536 g/mol. The van der Waals surface area contributed by atoms with Crippen molar-refractivity contribution >= 4 is 22.9 Å². The van der Waals surface area contributed by atoms with E-state index in [1.165, 1.54) is 21.0 Å². The minimum Gasteiger partial charge on any atom is -0.299 e. The fourth-order valence-electron chi connectivity index (χ4n) is 5.58. The minimum atomic E-state index is 0.0728. The van der Waals surface area contributed by atoms with Crippen LogP contribution in [0.2, 0.25) is 5.02 Å². The number of hydrogen-bond acceptors (Lipinski definition) is 4. The van der Waals surface area contributed by atoms with Crippen molar-refractivity contribution in [3.05, 3.63) is 116 Å². The van der Waals surface area contributed by atoms with Gasteiger partial charge in [0.15, 0.2) is 0 Å². The maximum absolute atomic E-state index is 13.4. The first kappa shape index (κ1) is 26.8. The van der Waals surface area contributed by atoms with Gasteiger partial charge in [0, 0.05) is 35.8 Å². The lowest BCUT2D eigenvalue weighted by Crippen LogP contribution is -2.34. The number of rotatable bonds is 6. The maximum atomic E-state index is 13.4. The second-order valence-corrected chi connectivity index (χ2v) is 12.2. The van der Waals surface area contributed by atoms with Crippen molar-refractivity contribution in [2.45, 2.75) is 39.2 Å². The predicted molar refractivity (Wildman–Crippen MR) is 166 cm³/mol. The fraction of sp³-hybridized carbons (Fsp3) is 0.273. The van der Waals surface area contributed by atoms with Crippen LogP contribution in [0.15, 0.2) is 83.7 Å². The highest BCUT2D eigenvalue weighted by Crippen LogP contribution is 2.42. The van der Waals surface area contributed by atoms with Crippen LogP contribution in [0.3, 0.4) is 0 Å². The van der Waals surface area contributed by atoms with Crippen LogP contribution < -0.4 is 5.56 Å². The molecule has 0 unspecified atom stereocenters. The van der Waals surface area contributed by atoms with Crippen molar-refractivity contribution in [3.63, 3.8) is 0 Å². The second-order valence-electron chi connectivity index (χ2n) is 10.7. The van der Waals surface area contributed by atoms with Gasteiger partial charge in [-0.25, -0.2) is 9.67 Å². The Morgan fingerprint density at radius 2 is 1.55 bits per heavy atom. The Morgan fingerprint density at radius 1 is 0.900 bits per heavy atom. The van der Waals surface area contributed by atoms with Crippen molar-refractivity contribution in [1.82, 2.24) is 19.2 Å².